The number of carbonyl (C=O) groups excluding carboxylic acids is 2. The molecular weight excluding hydrogens is 271 g/mol. The topological polar surface area (TPSA) is 49.4 Å². The van der Waals surface area contributed by atoms with E-state index < -0.39 is 12.1 Å². The molecule has 0 spiro atoms. The molecule has 1 N–H and O–H groups in total. The fraction of sp³-hybridized carbons (Fsp3) is 0.500. The third-order valence-electron chi connectivity index (χ3n) is 3.93. The number of nitrogens with zero attached hydrogens (tertiary/aromatic N) is 1. The Kier molecular flexibility index (Phi) is 4.60. The maximum atomic E-state index is 13.9. The monoisotopic (exact) mass is 292 g/mol. The summed E-state index contributed by atoms with van der Waals surface area (Å²) in [5.41, 5.74) is 0.475. The van der Waals surface area contributed by atoms with E-state index in [2.05, 4.69) is 5.32 Å². The highest BCUT2D eigenvalue weighted by Gasteiger charge is 2.34. The zero-order valence-corrected chi connectivity index (χ0v) is 12.6. The van der Waals surface area contributed by atoms with Crippen molar-refractivity contribution in [3.05, 3.63) is 35.6 Å². The molecule has 1 fully saturated rings. The van der Waals surface area contributed by atoms with Crippen molar-refractivity contribution in [3.63, 3.8) is 0 Å². The highest BCUT2D eigenvalue weighted by atomic mass is 19.1. The van der Waals surface area contributed by atoms with Crippen LogP contribution in [-0.2, 0) is 9.59 Å². The summed E-state index contributed by atoms with van der Waals surface area (Å²) >= 11 is 0. The average molecular weight is 292 g/mol. The van der Waals surface area contributed by atoms with E-state index in [1.165, 1.54) is 6.07 Å². The van der Waals surface area contributed by atoms with Crippen LogP contribution < -0.4 is 5.32 Å². The number of hydrogen-bond donors (Lipinski definition) is 1. The number of amides is 2. The lowest BCUT2D eigenvalue weighted by atomic mass is 10.0. The van der Waals surface area contributed by atoms with Gasteiger partial charge in [-0.2, -0.15) is 0 Å². The predicted octanol–water partition coefficient (Wildman–Crippen LogP) is 2.26. The Labute approximate surface area is 124 Å². The minimum atomic E-state index is -0.547. The molecule has 5 heteroatoms. The molecule has 114 valence electrons. The van der Waals surface area contributed by atoms with Gasteiger partial charge in [-0.05, 0) is 18.9 Å². The Morgan fingerprint density at radius 1 is 1.24 bits per heavy atom. The average Bonchev–Trinajstić information content (AvgIpc) is 2.58. The molecule has 1 saturated heterocycles. The minimum absolute atomic E-state index is 0.00475. The van der Waals surface area contributed by atoms with Gasteiger partial charge in [0.1, 0.15) is 11.9 Å². The number of halogens is 1. The van der Waals surface area contributed by atoms with Crippen molar-refractivity contribution in [2.24, 2.45) is 5.92 Å². The molecule has 2 rings (SSSR count). The van der Waals surface area contributed by atoms with Gasteiger partial charge in [-0.3, -0.25) is 9.59 Å². The van der Waals surface area contributed by atoms with Crippen LogP contribution in [0.2, 0.25) is 0 Å². The molecule has 1 aliphatic heterocycles. The molecule has 1 heterocycles. The van der Waals surface area contributed by atoms with E-state index in [1.54, 1.807) is 30.0 Å². The normalized spacial score (nSPS) is 21.2. The second-order valence-corrected chi connectivity index (χ2v) is 5.77. The minimum Gasteiger partial charge on any atom is -0.344 e. The standard InChI is InChI=1S/C16H21FN2O2/c1-10(2)15-16(21)19(9-8-14(20)18-15)11(3)12-6-4-5-7-13(12)17/h4-7,10-11,15H,8-9H2,1-3H3,(H,18,20). The molecule has 0 bridgehead atoms. The SMILES string of the molecule is CC(C)C1NC(=O)CCN(C(C)c2ccccc2F)C1=O. The fourth-order valence-corrected chi connectivity index (χ4v) is 2.64. The van der Waals surface area contributed by atoms with Gasteiger partial charge in [0.2, 0.25) is 11.8 Å². The van der Waals surface area contributed by atoms with Crippen molar-refractivity contribution in [2.75, 3.05) is 6.54 Å². The Morgan fingerprint density at radius 3 is 2.52 bits per heavy atom. The molecule has 0 saturated carbocycles. The first-order valence-corrected chi connectivity index (χ1v) is 7.26. The molecule has 21 heavy (non-hydrogen) atoms. The van der Waals surface area contributed by atoms with Crippen molar-refractivity contribution in [3.8, 4) is 0 Å². The van der Waals surface area contributed by atoms with Gasteiger partial charge in [0, 0.05) is 18.5 Å². The molecule has 4 nitrogen and oxygen atoms in total. The molecule has 0 aromatic heterocycles. The number of nitrogens with one attached hydrogen (secondary N) is 1. The van der Waals surface area contributed by atoms with Gasteiger partial charge >= 0.3 is 0 Å². The van der Waals surface area contributed by atoms with Gasteiger partial charge in [-0.25, -0.2) is 4.39 Å². The van der Waals surface area contributed by atoms with E-state index in [1.807, 2.05) is 13.8 Å². The molecule has 0 aliphatic carbocycles. The van der Waals surface area contributed by atoms with Crippen LogP contribution in [0.5, 0.6) is 0 Å². The quantitative estimate of drug-likeness (QED) is 0.929. The highest BCUT2D eigenvalue weighted by Crippen LogP contribution is 2.25. The van der Waals surface area contributed by atoms with Gasteiger partial charge in [0.25, 0.3) is 0 Å². The van der Waals surface area contributed by atoms with Crippen molar-refractivity contribution in [1.29, 1.82) is 0 Å². The largest absolute Gasteiger partial charge is 0.344 e. The number of carbonyl (C=O) groups is 2. The molecule has 0 radical (unpaired) electrons. The number of benzene rings is 1. The Hall–Kier alpha value is -1.91. The summed E-state index contributed by atoms with van der Waals surface area (Å²) in [5.74, 6) is -0.616. The lowest BCUT2D eigenvalue weighted by Crippen LogP contribution is -2.48. The van der Waals surface area contributed by atoms with Gasteiger partial charge in [-0.15, -0.1) is 0 Å². The first kappa shape index (κ1) is 15.5. The number of rotatable bonds is 3. The van der Waals surface area contributed by atoms with Crippen LogP contribution in [0, 0.1) is 11.7 Å². The Balaban J connectivity index is 2.30. The summed E-state index contributed by atoms with van der Waals surface area (Å²) in [4.78, 5) is 26.0. The third-order valence-corrected chi connectivity index (χ3v) is 3.93. The van der Waals surface area contributed by atoms with E-state index in [4.69, 9.17) is 0 Å². The van der Waals surface area contributed by atoms with Crippen LogP contribution in [-0.4, -0.2) is 29.3 Å². The summed E-state index contributed by atoms with van der Waals surface area (Å²) in [6.45, 7) is 5.88. The van der Waals surface area contributed by atoms with E-state index in [0.29, 0.717) is 12.1 Å². The fourth-order valence-electron chi connectivity index (χ4n) is 2.64. The van der Waals surface area contributed by atoms with Gasteiger partial charge in [-0.1, -0.05) is 32.0 Å². The predicted molar refractivity (Wildman–Crippen MR) is 77.9 cm³/mol. The van der Waals surface area contributed by atoms with E-state index in [9.17, 15) is 14.0 Å². The van der Waals surface area contributed by atoms with E-state index in [-0.39, 0.29) is 30.0 Å². The second kappa shape index (κ2) is 6.24. The molecule has 2 unspecified atom stereocenters. The lowest BCUT2D eigenvalue weighted by Gasteiger charge is -2.31. The summed E-state index contributed by atoms with van der Waals surface area (Å²) < 4.78 is 13.9. The van der Waals surface area contributed by atoms with Crippen LogP contribution >= 0.6 is 0 Å². The van der Waals surface area contributed by atoms with E-state index >= 15 is 0 Å². The van der Waals surface area contributed by atoms with Crippen LogP contribution in [0.1, 0.15) is 38.8 Å². The number of hydrogen-bond acceptors (Lipinski definition) is 2. The van der Waals surface area contributed by atoms with Crippen LogP contribution in [0.25, 0.3) is 0 Å². The zero-order valence-electron chi connectivity index (χ0n) is 12.6. The van der Waals surface area contributed by atoms with Crippen LogP contribution in [0.4, 0.5) is 4.39 Å². The second-order valence-electron chi connectivity index (χ2n) is 5.77. The molecule has 1 aliphatic rings. The lowest BCUT2D eigenvalue weighted by molar-refractivity contribution is -0.136. The maximum Gasteiger partial charge on any atom is 0.245 e. The van der Waals surface area contributed by atoms with Crippen LogP contribution in [0.3, 0.4) is 0 Å². The molecule has 1 aromatic rings. The van der Waals surface area contributed by atoms with Crippen molar-refractivity contribution in [1.82, 2.24) is 10.2 Å². The van der Waals surface area contributed by atoms with Gasteiger partial charge < -0.3 is 10.2 Å². The summed E-state index contributed by atoms with van der Waals surface area (Å²) in [5, 5.41) is 2.76. The smallest absolute Gasteiger partial charge is 0.245 e. The third kappa shape index (κ3) is 3.23. The van der Waals surface area contributed by atoms with Crippen molar-refractivity contribution in [2.45, 2.75) is 39.3 Å². The Morgan fingerprint density at radius 2 is 1.90 bits per heavy atom. The maximum absolute atomic E-state index is 13.9. The molecule has 2 atom stereocenters. The summed E-state index contributed by atoms with van der Waals surface area (Å²) in [7, 11) is 0. The molecule has 1 aromatic carbocycles. The molecule has 2 amide bonds. The molecular formula is C16H21FN2O2. The zero-order chi connectivity index (χ0) is 15.6. The first-order chi connectivity index (χ1) is 9.91. The highest BCUT2D eigenvalue weighted by molar-refractivity contribution is 5.90. The van der Waals surface area contributed by atoms with Crippen molar-refractivity contribution >= 4 is 11.8 Å². The summed E-state index contributed by atoms with van der Waals surface area (Å²) in [6.07, 6.45) is 0.244. The van der Waals surface area contributed by atoms with Crippen LogP contribution in [0.15, 0.2) is 24.3 Å². The van der Waals surface area contributed by atoms with Crippen molar-refractivity contribution < 1.29 is 14.0 Å². The van der Waals surface area contributed by atoms with E-state index in [0.717, 1.165) is 0 Å². The van der Waals surface area contributed by atoms with Gasteiger partial charge in [0.05, 0.1) is 6.04 Å². The van der Waals surface area contributed by atoms with Gasteiger partial charge in [0.15, 0.2) is 0 Å². The Bertz CT molecular complexity index is 545. The first-order valence-electron chi connectivity index (χ1n) is 7.26. The summed E-state index contributed by atoms with van der Waals surface area (Å²) in [6, 6.07) is 5.50.